The van der Waals surface area contributed by atoms with Gasteiger partial charge in [0.2, 0.25) is 5.91 Å². The van der Waals surface area contributed by atoms with E-state index in [2.05, 4.69) is 71.3 Å². The standard InChI is InChI=1S/C24H30N2O/c1-19(26-16-13-22-9-5-6-10-23(22)18-26)24(27)25-14-11-21(12-15-25)17-20-7-3-2-4-8-20/h2-10,19,21H,11-18H2,1H3/t19-/m0/s1. The van der Waals surface area contributed by atoms with Crippen LogP contribution in [-0.4, -0.2) is 41.4 Å². The maximum absolute atomic E-state index is 13.1. The highest BCUT2D eigenvalue weighted by Gasteiger charge is 2.30. The Morgan fingerprint density at radius 2 is 1.63 bits per heavy atom. The summed E-state index contributed by atoms with van der Waals surface area (Å²) in [6, 6.07) is 19.4. The molecule has 142 valence electrons. The molecule has 1 amide bonds. The number of fused-ring (bicyclic) bond motifs is 1. The zero-order chi connectivity index (χ0) is 18.6. The van der Waals surface area contributed by atoms with E-state index in [1.54, 1.807) is 0 Å². The molecule has 0 unspecified atom stereocenters. The summed E-state index contributed by atoms with van der Waals surface area (Å²) in [7, 11) is 0. The molecule has 2 heterocycles. The third-order valence-electron chi connectivity index (χ3n) is 6.36. The Kier molecular flexibility index (Phi) is 5.58. The van der Waals surface area contributed by atoms with Crippen LogP contribution in [0.2, 0.25) is 0 Å². The summed E-state index contributed by atoms with van der Waals surface area (Å²) in [5.74, 6) is 1.01. The molecule has 1 fully saturated rings. The van der Waals surface area contributed by atoms with E-state index in [0.29, 0.717) is 11.8 Å². The number of likely N-dealkylation sites (tertiary alicyclic amines) is 1. The van der Waals surface area contributed by atoms with Crippen LogP contribution in [0.4, 0.5) is 0 Å². The Hall–Kier alpha value is -2.13. The van der Waals surface area contributed by atoms with Gasteiger partial charge in [-0.1, -0.05) is 54.6 Å². The molecule has 2 aliphatic rings. The molecule has 0 saturated carbocycles. The van der Waals surface area contributed by atoms with Gasteiger partial charge in [0.05, 0.1) is 6.04 Å². The lowest BCUT2D eigenvalue weighted by Crippen LogP contribution is -2.50. The lowest BCUT2D eigenvalue weighted by molar-refractivity contribution is -0.138. The molecule has 0 aromatic heterocycles. The molecule has 0 aliphatic carbocycles. The lowest BCUT2D eigenvalue weighted by atomic mass is 9.90. The summed E-state index contributed by atoms with van der Waals surface area (Å²) in [6.07, 6.45) is 4.43. The van der Waals surface area contributed by atoms with Crippen LogP contribution in [0.1, 0.15) is 36.5 Å². The van der Waals surface area contributed by atoms with Crippen LogP contribution >= 0.6 is 0 Å². The second-order valence-electron chi connectivity index (χ2n) is 8.12. The molecule has 1 atom stereocenters. The number of piperidine rings is 1. The fourth-order valence-corrected chi connectivity index (χ4v) is 4.57. The molecule has 0 spiro atoms. The topological polar surface area (TPSA) is 23.6 Å². The molecule has 3 nitrogen and oxygen atoms in total. The van der Waals surface area contributed by atoms with E-state index >= 15 is 0 Å². The van der Waals surface area contributed by atoms with E-state index < -0.39 is 0 Å². The molecule has 1 saturated heterocycles. The van der Waals surface area contributed by atoms with Gasteiger partial charge < -0.3 is 4.90 Å². The zero-order valence-electron chi connectivity index (χ0n) is 16.3. The number of hydrogen-bond donors (Lipinski definition) is 0. The van der Waals surface area contributed by atoms with E-state index in [-0.39, 0.29) is 6.04 Å². The van der Waals surface area contributed by atoms with Crippen LogP contribution in [0.25, 0.3) is 0 Å². The lowest BCUT2D eigenvalue weighted by Gasteiger charge is -2.38. The molecule has 0 N–H and O–H groups in total. The van der Waals surface area contributed by atoms with Gasteiger partial charge in [-0.2, -0.15) is 0 Å². The summed E-state index contributed by atoms with van der Waals surface area (Å²) < 4.78 is 0. The summed E-state index contributed by atoms with van der Waals surface area (Å²) in [6.45, 7) is 5.78. The van der Waals surface area contributed by atoms with Gasteiger partial charge in [-0.05, 0) is 55.2 Å². The van der Waals surface area contributed by atoms with Gasteiger partial charge in [-0.3, -0.25) is 9.69 Å². The number of nitrogens with zero attached hydrogens (tertiary/aromatic N) is 2. The summed E-state index contributed by atoms with van der Waals surface area (Å²) in [4.78, 5) is 17.5. The van der Waals surface area contributed by atoms with Crippen LogP contribution in [-0.2, 0) is 24.2 Å². The van der Waals surface area contributed by atoms with E-state index in [4.69, 9.17) is 0 Å². The van der Waals surface area contributed by atoms with Gasteiger partial charge in [-0.25, -0.2) is 0 Å². The predicted molar refractivity (Wildman–Crippen MR) is 109 cm³/mol. The summed E-state index contributed by atoms with van der Waals surface area (Å²) in [5, 5.41) is 0. The molecule has 0 bridgehead atoms. The predicted octanol–water partition coefficient (Wildman–Crippen LogP) is 3.91. The zero-order valence-corrected chi connectivity index (χ0v) is 16.3. The smallest absolute Gasteiger partial charge is 0.239 e. The minimum atomic E-state index is -0.0240. The monoisotopic (exact) mass is 362 g/mol. The molecular weight excluding hydrogens is 332 g/mol. The Bertz CT molecular complexity index is 765. The van der Waals surface area contributed by atoms with Crippen molar-refractivity contribution in [1.29, 1.82) is 0 Å². The summed E-state index contributed by atoms with van der Waals surface area (Å²) >= 11 is 0. The molecule has 3 heteroatoms. The quantitative estimate of drug-likeness (QED) is 0.823. The number of amides is 1. The second-order valence-corrected chi connectivity index (χ2v) is 8.12. The van der Waals surface area contributed by atoms with Gasteiger partial charge in [0.1, 0.15) is 0 Å². The van der Waals surface area contributed by atoms with E-state index in [1.165, 1.54) is 16.7 Å². The normalized spacial score (nSPS) is 19.5. The van der Waals surface area contributed by atoms with Gasteiger partial charge >= 0.3 is 0 Å². The molecule has 0 radical (unpaired) electrons. The SMILES string of the molecule is C[C@@H](C(=O)N1CCC(Cc2ccccc2)CC1)N1CCc2ccccc2C1. The highest BCUT2D eigenvalue weighted by atomic mass is 16.2. The summed E-state index contributed by atoms with van der Waals surface area (Å²) in [5.41, 5.74) is 4.24. The van der Waals surface area contributed by atoms with Crippen LogP contribution < -0.4 is 0 Å². The first-order chi connectivity index (χ1) is 13.2. The number of hydrogen-bond acceptors (Lipinski definition) is 2. The fraction of sp³-hybridized carbons (Fsp3) is 0.458. The maximum Gasteiger partial charge on any atom is 0.239 e. The molecule has 27 heavy (non-hydrogen) atoms. The van der Waals surface area contributed by atoms with E-state index in [0.717, 1.165) is 51.9 Å². The van der Waals surface area contributed by atoms with Gasteiger partial charge in [0.15, 0.2) is 0 Å². The van der Waals surface area contributed by atoms with Crippen molar-refractivity contribution in [2.75, 3.05) is 19.6 Å². The average Bonchev–Trinajstić information content (AvgIpc) is 2.73. The van der Waals surface area contributed by atoms with Gasteiger partial charge in [-0.15, -0.1) is 0 Å². The fourth-order valence-electron chi connectivity index (χ4n) is 4.57. The molecule has 2 aromatic carbocycles. The molecule has 2 aromatic rings. The Morgan fingerprint density at radius 1 is 0.963 bits per heavy atom. The Labute approximate surface area is 163 Å². The van der Waals surface area contributed by atoms with Crippen LogP contribution in [0.5, 0.6) is 0 Å². The highest BCUT2D eigenvalue weighted by Crippen LogP contribution is 2.24. The number of benzene rings is 2. The minimum Gasteiger partial charge on any atom is -0.341 e. The largest absolute Gasteiger partial charge is 0.341 e. The average molecular weight is 363 g/mol. The first-order valence-electron chi connectivity index (χ1n) is 10.3. The van der Waals surface area contributed by atoms with Gasteiger partial charge in [0.25, 0.3) is 0 Å². The van der Waals surface area contributed by atoms with Crippen molar-refractivity contribution in [2.45, 2.75) is 45.2 Å². The van der Waals surface area contributed by atoms with Crippen LogP contribution in [0.3, 0.4) is 0 Å². The van der Waals surface area contributed by atoms with Crippen molar-refractivity contribution in [3.63, 3.8) is 0 Å². The molecule has 2 aliphatic heterocycles. The minimum absolute atomic E-state index is 0.0240. The van der Waals surface area contributed by atoms with Crippen LogP contribution in [0.15, 0.2) is 54.6 Å². The molecular formula is C24H30N2O. The Balaban J connectivity index is 1.30. The number of carbonyl (C=O) groups excluding carboxylic acids is 1. The number of rotatable bonds is 4. The van der Waals surface area contributed by atoms with Crippen molar-refractivity contribution < 1.29 is 4.79 Å². The van der Waals surface area contributed by atoms with Crippen molar-refractivity contribution in [3.8, 4) is 0 Å². The van der Waals surface area contributed by atoms with E-state index in [9.17, 15) is 4.79 Å². The van der Waals surface area contributed by atoms with Crippen molar-refractivity contribution in [2.24, 2.45) is 5.92 Å². The second kappa shape index (κ2) is 8.26. The first-order valence-corrected chi connectivity index (χ1v) is 10.3. The number of carbonyl (C=O) groups is 1. The van der Waals surface area contributed by atoms with Gasteiger partial charge in [0, 0.05) is 26.2 Å². The Morgan fingerprint density at radius 3 is 2.37 bits per heavy atom. The van der Waals surface area contributed by atoms with Crippen LogP contribution in [0, 0.1) is 5.92 Å². The molecule has 4 rings (SSSR count). The van der Waals surface area contributed by atoms with Crippen molar-refractivity contribution >= 4 is 5.91 Å². The first kappa shape index (κ1) is 18.2. The van der Waals surface area contributed by atoms with Crippen molar-refractivity contribution in [1.82, 2.24) is 9.80 Å². The third-order valence-corrected chi connectivity index (χ3v) is 6.36. The van der Waals surface area contributed by atoms with Crippen molar-refractivity contribution in [3.05, 3.63) is 71.3 Å². The third kappa shape index (κ3) is 4.24. The van der Waals surface area contributed by atoms with E-state index in [1.807, 2.05) is 0 Å². The highest BCUT2D eigenvalue weighted by molar-refractivity contribution is 5.81. The maximum atomic E-state index is 13.1.